The Morgan fingerprint density at radius 1 is 0.938 bits per heavy atom. The topological polar surface area (TPSA) is 34.5 Å². The van der Waals surface area contributed by atoms with E-state index in [2.05, 4.69) is 65.4 Å². The lowest BCUT2D eigenvalue weighted by Crippen LogP contribution is -2.41. The minimum Gasteiger partial charge on any atom is -0.378 e. The molecule has 0 bridgehead atoms. The monoisotopic (exact) mass is 430 g/mol. The van der Waals surface area contributed by atoms with Crippen molar-refractivity contribution in [3.63, 3.8) is 0 Å². The van der Waals surface area contributed by atoms with Crippen molar-refractivity contribution in [1.82, 2.24) is 9.47 Å². The fourth-order valence-corrected chi connectivity index (χ4v) is 5.68. The first-order chi connectivity index (χ1) is 15.8. The average molecular weight is 431 g/mol. The van der Waals surface area contributed by atoms with Gasteiger partial charge in [0, 0.05) is 43.2 Å². The zero-order chi connectivity index (χ0) is 21.8. The number of hydrogen-bond donors (Lipinski definition) is 0. The van der Waals surface area contributed by atoms with Gasteiger partial charge in [0.2, 0.25) is 5.91 Å². The number of nitrogens with zero attached hydrogens (tertiary/aromatic N) is 2. The second kappa shape index (κ2) is 9.91. The molecule has 2 aromatic carbocycles. The van der Waals surface area contributed by atoms with Crippen molar-refractivity contribution in [1.29, 1.82) is 0 Å². The highest BCUT2D eigenvalue weighted by Crippen LogP contribution is 2.42. The van der Waals surface area contributed by atoms with Crippen molar-refractivity contribution >= 4 is 16.8 Å². The zero-order valence-electron chi connectivity index (χ0n) is 18.9. The Balaban J connectivity index is 1.49. The number of para-hydroxylation sites is 1. The third-order valence-electron chi connectivity index (χ3n) is 7.39. The van der Waals surface area contributed by atoms with E-state index in [-0.39, 0.29) is 5.92 Å². The van der Waals surface area contributed by atoms with Crippen LogP contribution in [0.2, 0.25) is 0 Å². The normalized spacial score (nSPS) is 18.7. The van der Waals surface area contributed by atoms with Crippen LogP contribution in [0.5, 0.6) is 0 Å². The number of morpholine rings is 1. The van der Waals surface area contributed by atoms with Gasteiger partial charge in [-0.25, -0.2) is 0 Å². The summed E-state index contributed by atoms with van der Waals surface area (Å²) in [6.07, 6.45) is 9.34. The molecule has 1 aromatic heterocycles. The smallest absolute Gasteiger partial charge is 0.223 e. The van der Waals surface area contributed by atoms with Gasteiger partial charge in [-0.2, -0.15) is 0 Å². The molecule has 32 heavy (non-hydrogen) atoms. The summed E-state index contributed by atoms with van der Waals surface area (Å²) in [5, 5.41) is 1.31. The highest BCUT2D eigenvalue weighted by Gasteiger charge is 2.31. The second-order valence-electron chi connectivity index (χ2n) is 9.42. The van der Waals surface area contributed by atoms with E-state index in [0.29, 0.717) is 31.5 Å². The largest absolute Gasteiger partial charge is 0.378 e. The Bertz CT molecular complexity index is 1030. The molecule has 1 aliphatic carbocycles. The van der Waals surface area contributed by atoms with Gasteiger partial charge in [0.1, 0.15) is 0 Å². The van der Waals surface area contributed by atoms with Crippen LogP contribution < -0.4 is 0 Å². The van der Waals surface area contributed by atoms with E-state index < -0.39 is 0 Å². The van der Waals surface area contributed by atoms with E-state index in [0.717, 1.165) is 19.6 Å². The summed E-state index contributed by atoms with van der Waals surface area (Å²) in [6, 6.07) is 19.4. The summed E-state index contributed by atoms with van der Waals surface area (Å²) in [5.41, 5.74) is 3.94. The molecular formula is C28H34N2O2. The van der Waals surface area contributed by atoms with E-state index in [1.807, 2.05) is 4.90 Å². The van der Waals surface area contributed by atoms with Crippen molar-refractivity contribution in [2.45, 2.75) is 51.0 Å². The number of rotatable bonds is 6. The van der Waals surface area contributed by atoms with E-state index >= 15 is 0 Å². The summed E-state index contributed by atoms with van der Waals surface area (Å²) < 4.78 is 7.86. The van der Waals surface area contributed by atoms with Crippen molar-refractivity contribution in [2.75, 3.05) is 26.3 Å². The van der Waals surface area contributed by atoms with Crippen molar-refractivity contribution in [2.24, 2.45) is 5.92 Å². The van der Waals surface area contributed by atoms with Gasteiger partial charge < -0.3 is 14.2 Å². The molecule has 2 fully saturated rings. The molecule has 0 unspecified atom stereocenters. The van der Waals surface area contributed by atoms with Gasteiger partial charge in [0.15, 0.2) is 0 Å². The van der Waals surface area contributed by atoms with Crippen LogP contribution in [0.3, 0.4) is 0 Å². The average Bonchev–Trinajstić information content (AvgIpc) is 3.22. The number of carbonyl (C=O) groups excluding carboxylic acids is 1. The van der Waals surface area contributed by atoms with Gasteiger partial charge >= 0.3 is 0 Å². The van der Waals surface area contributed by atoms with Crippen LogP contribution in [-0.2, 0) is 16.1 Å². The molecule has 1 atom stereocenters. The van der Waals surface area contributed by atoms with Crippen molar-refractivity contribution in [3.8, 4) is 0 Å². The molecule has 4 nitrogen and oxygen atoms in total. The van der Waals surface area contributed by atoms with Crippen LogP contribution in [0.1, 0.15) is 55.6 Å². The Morgan fingerprint density at radius 2 is 1.66 bits per heavy atom. The molecule has 2 aliphatic rings. The number of fused-ring (bicyclic) bond motifs is 1. The minimum atomic E-state index is 0.285. The van der Waals surface area contributed by atoms with Gasteiger partial charge in [0.05, 0.1) is 13.2 Å². The number of ether oxygens (including phenoxy) is 1. The van der Waals surface area contributed by atoms with Crippen LogP contribution in [0.15, 0.2) is 60.8 Å². The van der Waals surface area contributed by atoms with Crippen molar-refractivity contribution < 1.29 is 9.53 Å². The highest BCUT2D eigenvalue weighted by atomic mass is 16.5. The number of benzene rings is 2. The molecule has 0 N–H and O–H groups in total. The zero-order valence-corrected chi connectivity index (χ0v) is 18.9. The van der Waals surface area contributed by atoms with Crippen LogP contribution in [0, 0.1) is 5.92 Å². The van der Waals surface area contributed by atoms with Gasteiger partial charge in [-0.05, 0) is 41.9 Å². The summed E-state index contributed by atoms with van der Waals surface area (Å²) in [4.78, 5) is 15.3. The molecule has 5 rings (SSSR count). The molecule has 1 saturated carbocycles. The summed E-state index contributed by atoms with van der Waals surface area (Å²) in [7, 11) is 0. The van der Waals surface area contributed by atoms with E-state index in [1.54, 1.807) is 0 Å². The molecule has 1 aliphatic heterocycles. The Hall–Kier alpha value is -2.59. The van der Waals surface area contributed by atoms with E-state index in [1.165, 1.54) is 54.1 Å². The molecule has 1 amide bonds. The highest BCUT2D eigenvalue weighted by molar-refractivity contribution is 5.86. The standard InChI is InChI=1S/C28H34N2O2/c31-28(29-15-17-32-18-16-29)19-25(23-11-5-2-6-12-23)26-21-30(20-22-9-3-1-4-10-22)27-14-8-7-13-24(26)27/h1,3-4,7-10,13-14,21,23,25H,2,5-6,11-12,15-20H2/t25-/m0/s1. The summed E-state index contributed by atoms with van der Waals surface area (Å²) in [6.45, 7) is 3.64. The fourth-order valence-electron chi connectivity index (χ4n) is 5.68. The first kappa shape index (κ1) is 21.3. The molecule has 3 aromatic rings. The van der Waals surface area contributed by atoms with Crippen LogP contribution in [0.4, 0.5) is 0 Å². The number of amides is 1. The predicted octanol–water partition coefficient (Wildman–Crippen LogP) is 5.60. The maximum Gasteiger partial charge on any atom is 0.223 e. The first-order valence-electron chi connectivity index (χ1n) is 12.3. The SMILES string of the molecule is O=C(C[C@H](c1cn(Cc2ccccc2)c2ccccc12)C1CCCCC1)N1CCOCC1. The van der Waals surface area contributed by atoms with Gasteiger partial charge in [-0.15, -0.1) is 0 Å². The lowest BCUT2D eigenvalue weighted by molar-refractivity contribution is -0.136. The Morgan fingerprint density at radius 3 is 2.44 bits per heavy atom. The van der Waals surface area contributed by atoms with Crippen LogP contribution >= 0.6 is 0 Å². The fraction of sp³-hybridized carbons (Fsp3) is 0.464. The van der Waals surface area contributed by atoms with Crippen LogP contribution in [-0.4, -0.2) is 41.7 Å². The second-order valence-corrected chi connectivity index (χ2v) is 9.42. The molecule has 168 valence electrons. The third kappa shape index (κ3) is 4.61. The first-order valence-corrected chi connectivity index (χ1v) is 12.3. The maximum atomic E-state index is 13.3. The lowest BCUT2D eigenvalue weighted by Gasteiger charge is -2.33. The molecule has 2 heterocycles. The Kier molecular flexibility index (Phi) is 6.59. The molecule has 1 saturated heterocycles. The van der Waals surface area contributed by atoms with E-state index in [9.17, 15) is 4.79 Å². The quantitative estimate of drug-likeness (QED) is 0.510. The van der Waals surface area contributed by atoms with Gasteiger partial charge in [-0.1, -0.05) is 67.8 Å². The molecule has 0 radical (unpaired) electrons. The maximum absolute atomic E-state index is 13.3. The lowest BCUT2D eigenvalue weighted by atomic mass is 9.75. The van der Waals surface area contributed by atoms with Crippen molar-refractivity contribution in [3.05, 3.63) is 71.9 Å². The molecule has 0 spiro atoms. The number of hydrogen-bond acceptors (Lipinski definition) is 2. The summed E-state index contributed by atoms with van der Waals surface area (Å²) >= 11 is 0. The molecule has 4 heteroatoms. The Labute approximate surface area is 191 Å². The van der Waals surface area contributed by atoms with E-state index in [4.69, 9.17) is 4.74 Å². The summed E-state index contributed by atoms with van der Waals surface area (Å²) in [5.74, 6) is 1.17. The van der Waals surface area contributed by atoms with Gasteiger partial charge in [0.25, 0.3) is 0 Å². The predicted molar refractivity (Wildman–Crippen MR) is 129 cm³/mol. The number of aromatic nitrogens is 1. The molecular weight excluding hydrogens is 396 g/mol. The number of carbonyl (C=O) groups is 1. The van der Waals surface area contributed by atoms with Crippen LogP contribution in [0.25, 0.3) is 10.9 Å². The van der Waals surface area contributed by atoms with Gasteiger partial charge in [-0.3, -0.25) is 4.79 Å². The third-order valence-corrected chi connectivity index (χ3v) is 7.39. The minimum absolute atomic E-state index is 0.285.